The number of rotatable bonds is 2. The van der Waals surface area contributed by atoms with E-state index < -0.39 is 0 Å². The fraction of sp³-hybridized carbons (Fsp3) is 0.0588. The van der Waals surface area contributed by atoms with Crippen LogP contribution in [-0.2, 0) is 0 Å². The molecule has 110 valence electrons. The number of halogens is 2. The van der Waals surface area contributed by atoms with Gasteiger partial charge in [-0.3, -0.25) is 4.79 Å². The molecule has 0 aliphatic carbocycles. The van der Waals surface area contributed by atoms with Crippen LogP contribution >= 0.6 is 23.2 Å². The number of aromatic amines is 1. The number of aromatic nitrogens is 2. The molecule has 0 amide bonds. The number of hydrogen-bond donors (Lipinski definition) is 1. The van der Waals surface area contributed by atoms with Crippen molar-refractivity contribution in [1.82, 2.24) is 9.97 Å². The van der Waals surface area contributed by atoms with Gasteiger partial charge in [-0.1, -0.05) is 53.0 Å². The smallest absolute Gasteiger partial charge is 0.259 e. The zero-order valence-corrected chi connectivity index (χ0v) is 13.2. The van der Waals surface area contributed by atoms with Crippen molar-refractivity contribution in [3.63, 3.8) is 0 Å². The third-order valence-corrected chi connectivity index (χ3v) is 3.79. The van der Waals surface area contributed by atoms with E-state index in [1.807, 2.05) is 31.2 Å². The molecule has 0 saturated carbocycles. The highest BCUT2D eigenvalue weighted by Gasteiger charge is 2.07. The molecule has 22 heavy (non-hydrogen) atoms. The van der Waals surface area contributed by atoms with Gasteiger partial charge < -0.3 is 4.98 Å². The summed E-state index contributed by atoms with van der Waals surface area (Å²) in [5.74, 6) is 0.321. The van der Waals surface area contributed by atoms with Crippen molar-refractivity contribution >= 4 is 45.2 Å². The van der Waals surface area contributed by atoms with Crippen LogP contribution in [0, 0.1) is 6.92 Å². The van der Waals surface area contributed by atoms with Gasteiger partial charge >= 0.3 is 0 Å². The van der Waals surface area contributed by atoms with Crippen molar-refractivity contribution in [3.05, 3.63) is 74.8 Å². The molecule has 0 fully saturated rings. The number of hydrogen-bond acceptors (Lipinski definition) is 2. The minimum atomic E-state index is -0.243. The Labute approximate surface area is 137 Å². The van der Waals surface area contributed by atoms with E-state index in [4.69, 9.17) is 23.2 Å². The Balaban J connectivity index is 2.09. The summed E-state index contributed by atoms with van der Waals surface area (Å²) in [5.41, 5.74) is 2.37. The van der Waals surface area contributed by atoms with E-state index in [0.717, 1.165) is 5.56 Å². The van der Waals surface area contributed by atoms with Crippen molar-refractivity contribution in [2.75, 3.05) is 0 Å². The minimum absolute atomic E-state index is 0.243. The van der Waals surface area contributed by atoms with Gasteiger partial charge in [0.05, 0.1) is 15.9 Å². The van der Waals surface area contributed by atoms with E-state index in [9.17, 15) is 4.79 Å². The van der Waals surface area contributed by atoms with Crippen molar-refractivity contribution in [2.45, 2.75) is 6.92 Å². The van der Waals surface area contributed by atoms with E-state index in [0.29, 0.717) is 26.8 Å². The van der Waals surface area contributed by atoms with Gasteiger partial charge in [0.15, 0.2) is 5.82 Å². The van der Waals surface area contributed by atoms with Crippen LogP contribution < -0.4 is 5.56 Å². The van der Waals surface area contributed by atoms with E-state index in [1.54, 1.807) is 24.3 Å². The molecule has 0 aliphatic rings. The first-order valence-corrected chi connectivity index (χ1v) is 7.42. The predicted octanol–water partition coefficient (Wildman–Crippen LogP) is 4.62. The maximum atomic E-state index is 12.1. The van der Waals surface area contributed by atoms with Crippen LogP contribution in [0.2, 0.25) is 5.02 Å². The average molecular weight is 331 g/mol. The maximum Gasteiger partial charge on any atom is 0.259 e. The molecule has 3 nitrogen and oxygen atoms in total. The molecule has 2 aromatic carbocycles. The highest BCUT2D eigenvalue weighted by molar-refractivity contribution is 6.50. The third kappa shape index (κ3) is 3.06. The molecule has 0 saturated heterocycles. The average Bonchev–Trinajstić information content (AvgIpc) is 2.49. The molecular formula is C17H12Cl2N2O. The fourth-order valence-electron chi connectivity index (χ4n) is 2.10. The molecule has 1 N–H and O–H groups in total. The predicted molar refractivity (Wildman–Crippen MR) is 92.3 cm³/mol. The molecule has 1 heterocycles. The summed E-state index contributed by atoms with van der Waals surface area (Å²) in [7, 11) is 0. The zero-order chi connectivity index (χ0) is 15.7. The van der Waals surface area contributed by atoms with Gasteiger partial charge in [-0.2, -0.15) is 0 Å². The lowest BCUT2D eigenvalue weighted by Gasteiger charge is -2.03. The minimum Gasteiger partial charge on any atom is -0.305 e. The Morgan fingerprint density at radius 2 is 1.91 bits per heavy atom. The van der Waals surface area contributed by atoms with Crippen LogP contribution in [0.4, 0.5) is 0 Å². The molecule has 3 rings (SSSR count). The molecule has 0 atom stereocenters. The van der Waals surface area contributed by atoms with E-state index in [-0.39, 0.29) is 5.56 Å². The molecule has 0 radical (unpaired) electrons. The van der Waals surface area contributed by atoms with Gasteiger partial charge in [-0.15, -0.1) is 0 Å². The van der Waals surface area contributed by atoms with Gasteiger partial charge in [0, 0.05) is 5.02 Å². The largest absolute Gasteiger partial charge is 0.305 e. The number of fused-ring (bicyclic) bond motifs is 1. The number of H-pyrrole nitrogens is 1. The summed E-state index contributed by atoms with van der Waals surface area (Å²) in [6.07, 6.45) is 1.76. The van der Waals surface area contributed by atoms with E-state index in [2.05, 4.69) is 9.97 Å². The second-order valence-corrected chi connectivity index (χ2v) is 5.82. The molecule has 1 aromatic heterocycles. The normalized spacial score (nSPS) is 11.9. The maximum absolute atomic E-state index is 12.1. The Bertz CT molecular complexity index is 928. The molecule has 0 bridgehead atoms. The van der Waals surface area contributed by atoms with Gasteiger partial charge in [-0.05, 0) is 36.8 Å². The second kappa shape index (κ2) is 5.95. The molecular weight excluding hydrogens is 319 g/mol. The fourth-order valence-corrected chi connectivity index (χ4v) is 2.48. The Hall–Kier alpha value is -2.10. The summed E-state index contributed by atoms with van der Waals surface area (Å²) >= 11 is 12.2. The lowest BCUT2D eigenvalue weighted by Crippen LogP contribution is -2.10. The number of nitrogens with zero attached hydrogens (tertiary/aromatic N) is 1. The third-order valence-electron chi connectivity index (χ3n) is 3.27. The highest BCUT2D eigenvalue weighted by atomic mass is 35.5. The first kappa shape index (κ1) is 14.8. The van der Waals surface area contributed by atoms with Crippen LogP contribution in [-0.4, -0.2) is 9.97 Å². The van der Waals surface area contributed by atoms with Gasteiger partial charge in [0.25, 0.3) is 5.56 Å². The quantitative estimate of drug-likeness (QED) is 0.745. The van der Waals surface area contributed by atoms with Crippen molar-refractivity contribution < 1.29 is 0 Å². The first-order chi connectivity index (χ1) is 10.5. The van der Waals surface area contributed by atoms with E-state index >= 15 is 0 Å². The first-order valence-electron chi connectivity index (χ1n) is 6.67. The Morgan fingerprint density at radius 3 is 2.64 bits per heavy atom. The topological polar surface area (TPSA) is 45.8 Å². The molecule has 5 heteroatoms. The monoisotopic (exact) mass is 330 g/mol. The van der Waals surface area contributed by atoms with Crippen LogP contribution in [0.3, 0.4) is 0 Å². The highest BCUT2D eigenvalue weighted by Crippen LogP contribution is 2.21. The summed E-state index contributed by atoms with van der Waals surface area (Å²) < 4.78 is 0. The lowest BCUT2D eigenvalue weighted by atomic mass is 10.1. The lowest BCUT2D eigenvalue weighted by molar-refractivity contribution is 1.14. The van der Waals surface area contributed by atoms with Crippen LogP contribution in [0.5, 0.6) is 0 Å². The number of nitrogens with one attached hydrogen (secondary N) is 1. The second-order valence-electron chi connectivity index (χ2n) is 4.98. The van der Waals surface area contributed by atoms with Gasteiger partial charge in [0.1, 0.15) is 0 Å². The summed E-state index contributed by atoms with van der Waals surface area (Å²) in [6, 6.07) is 12.8. The van der Waals surface area contributed by atoms with Crippen LogP contribution in [0.25, 0.3) is 22.0 Å². The SMILES string of the molecule is Cc1ccc(/C=C(\Cl)c2nc3cc(Cl)ccc3c(=O)[nH]2)cc1. The Morgan fingerprint density at radius 1 is 1.18 bits per heavy atom. The molecule has 0 unspecified atom stereocenters. The number of aryl methyl sites for hydroxylation is 1. The summed E-state index contributed by atoms with van der Waals surface area (Å²) in [4.78, 5) is 19.1. The van der Waals surface area contributed by atoms with Crippen molar-refractivity contribution in [3.8, 4) is 0 Å². The standard InChI is InChI=1S/C17H12Cl2N2O/c1-10-2-4-11(5-3-10)8-14(19)16-20-15-9-12(18)6-7-13(15)17(22)21-16/h2-9H,1H3,(H,20,21,22)/b14-8-. The van der Waals surface area contributed by atoms with E-state index in [1.165, 1.54) is 5.56 Å². The van der Waals surface area contributed by atoms with Crippen molar-refractivity contribution in [1.29, 1.82) is 0 Å². The molecule has 3 aromatic rings. The Kier molecular flexibility index (Phi) is 4.01. The number of benzene rings is 2. The van der Waals surface area contributed by atoms with Gasteiger partial charge in [0.2, 0.25) is 0 Å². The summed E-state index contributed by atoms with van der Waals surface area (Å²) in [6.45, 7) is 2.02. The molecule has 0 aliphatic heterocycles. The summed E-state index contributed by atoms with van der Waals surface area (Å²) in [5, 5.41) is 1.37. The molecule has 0 spiro atoms. The zero-order valence-electron chi connectivity index (χ0n) is 11.7. The van der Waals surface area contributed by atoms with Crippen LogP contribution in [0.1, 0.15) is 17.0 Å². The van der Waals surface area contributed by atoms with Crippen molar-refractivity contribution in [2.24, 2.45) is 0 Å². The van der Waals surface area contributed by atoms with Gasteiger partial charge in [-0.25, -0.2) is 4.98 Å². The van der Waals surface area contributed by atoms with Crippen LogP contribution in [0.15, 0.2) is 47.3 Å².